The molecule has 11 heteroatoms. The summed E-state index contributed by atoms with van der Waals surface area (Å²) >= 11 is 1.13. The van der Waals surface area contributed by atoms with E-state index in [1.165, 1.54) is 0 Å². The predicted octanol–water partition coefficient (Wildman–Crippen LogP) is 2.49. The maximum absolute atomic E-state index is 12.4. The molecule has 0 saturated heterocycles. The van der Waals surface area contributed by atoms with Crippen molar-refractivity contribution in [3.8, 4) is 0 Å². The first-order chi connectivity index (χ1) is 15.8. The molecule has 10 nitrogen and oxygen atoms in total. The summed E-state index contributed by atoms with van der Waals surface area (Å²) < 4.78 is 10.3. The van der Waals surface area contributed by atoms with Crippen LogP contribution in [0.2, 0.25) is 0 Å². The minimum absolute atomic E-state index is 0.0970. The highest BCUT2D eigenvalue weighted by Crippen LogP contribution is 2.33. The van der Waals surface area contributed by atoms with Gasteiger partial charge in [-0.3, -0.25) is 19.3 Å². The van der Waals surface area contributed by atoms with E-state index in [4.69, 9.17) is 15.2 Å². The van der Waals surface area contributed by atoms with Crippen LogP contribution in [0.25, 0.3) is 10.2 Å². The third kappa shape index (κ3) is 4.14. The van der Waals surface area contributed by atoms with E-state index in [0.717, 1.165) is 16.2 Å². The number of fused-ring (bicyclic) bond motifs is 2. The molecule has 2 N–H and O–H groups in total. The van der Waals surface area contributed by atoms with E-state index in [-0.39, 0.29) is 37.8 Å². The van der Waals surface area contributed by atoms with E-state index in [2.05, 4.69) is 9.97 Å². The number of nitrogens with zero attached hydrogens (tertiary/aromatic N) is 3. The zero-order chi connectivity index (χ0) is 23.7. The monoisotopic (exact) mass is 468 g/mol. The van der Waals surface area contributed by atoms with Crippen molar-refractivity contribution in [1.29, 1.82) is 0 Å². The standard InChI is InChI=1S/C22H20N4O6S/c1-3-31-22(30)17-11(2)16-18(23)24-14(25-19(16)33-17)10-32-15(27)8-9-26-20(28)12-6-4-5-7-13(12)21(26)29/h4-7H,3,8-10H2,1-2H3,(H2,23,24,25). The lowest BCUT2D eigenvalue weighted by Crippen LogP contribution is -2.32. The van der Waals surface area contributed by atoms with Gasteiger partial charge in [0.25, 0.3) is 11.8 Å². The number of imide groups is 1. The summed E-state index contributed by atoms with van der Waals surface area (Å²) in [5.41, 5.74) is 7.32. The second kappa shape index (κ2) is 8.94. The predicted molar refractivity (Wildman–Crippen MR) is 119 cm³/mol. The Kier molecular flexibility index (Phi) is 6.05. The number of aryl methyl sites for hydroxylation is 1. The third-order valence-electron chi connectivity index (χ3n) is 5.11. The van der Waals surface area contributed by atoms with Crippen LogP contribution in [0.1, 0.15) is 55.1 Å². The Bertz CT molecular complexity index is 1270. The van der Waals surface area contributed by atoms with E-state index in [1.54, 1.807) is 38.1 Å². The van der Waals surface area contributed by atoms with Crippen molar-refractivity contribution in [1.82, 2.24) is 14.9 Å². The van der Waals surface area contributed by atoms with Crippen molar-refractivity contribution in [2.24, 2.45) is 0 Å². The van der Waals surface area contributed by atoms with Crippen molar-refractivity contribution in [3.63, 3.8) is 0 Å². The van der Waals surface area contributed by atoms with E-state index in [9.17, 15) is 19.2 Å². The molecule has 33 heavy (non-hydrogen) atoms. The number of esters is 2. The smallest absolute Gasteiger partial charge is 0.348 e. The molecule has 0 saturated carbocycles. The van der Waals surface area contributed by atoms with Gasteiger partial charge in [-0.25, -0.2) is 14.8 Å². The van der Waals surface area contributed by atoms with Gasteiger partial charge in [-0.05, 0) is 31.5 Å². The lowest BCUT2D eigenvalue weighted by atomic mass is 10.1. The second-order valence-corrected chi connectivity index (χ2v) is 8.20. The van der Waals surface area contributed by atoms with Gasteiger partial charge in [0.2, 0.25) is 0 Å². The molecule has 3 aromatic rings. The van der Waals surface area contributed by atoms with Gasteiger partial charge in [-0.15, -0.1) is 11.3 Å². The highest BCUT2D eigenvalue weighted by atomic mass is 32.1. The lowest BCUT2D eigenvalue weighted by molar-refractivity contribution is -0.145. The Hall–Kier alpha value is -3.86. The van der Waals surface area contributed by atoms with E-state index >= 15 is 0 Å². The number of rotatable bonds is 7. The molecule has 0 bridgehead atoms. The Balaban J connectivity index is 1.39. The first-order valence-electron chi connectivity index (χ1n) is 10.1. The zero-order valence-electron chi connectivity index (χ0n) is 17.9. The van der Waals surface area contributed by atoms with Gasteiger partial charge < -0.3 is 15.2 Å². The summed E-state index contributed by atoms with van der Waals surface area (Å²) in [4.78, 5) is 59.5. The van der Waals surface area contributed by atoms with Crippen LogP contribution >= 0.6 is 11.3 Å². The van der Waals surface area contributed by atoms with Crippen molar-refractivity contribution in [3.05, 3.63) is 51.7 Å². The van der Waals surface area contributed by atoms with Gasteiger partial charge in [0.05, 0.1) is 29.5 Å². The normalized spacial score (nSPS) is 12.8. The maximum Gasteiger partial charge on any atom is 0.348 e. The van der Waals surface area contributed by atoms with Gasteiger partial charge in [0, 0.05) is 6.54 Å². The minimum Gasteiger partial charge on any atom is -0.462 e. The van der Waals surface area contributed by atoms with Gasteiger partial charge in [-0.2, -0.15) is 0 Å². The fourth-order valence-corrected chi connectivity index (χ4v) is 4.64. The van der Waals surface area contributed by atoms with Crippen LogP contribution in [0, 0.1) is 6.92 Å². The molecule has 4 rings (SSSR count). The Morgan fingerprint density at radius 1 is 1.09 bits per heavy atom. The largest absolute Gasteiger partial charge is 0.462 e. The molecule has 1 aromatic carbocycles. The van der Waals surface area contributed by atoms with Crippen LogP contribution in [0.4, 0.5) is 5.82 Å². The number of hydrogen-bond acceptors (Lipinski definition) is 10. The molecule has 170 valence electrons. The fourth-order valence-electron chi connectivity index (χ4n) is 3.53. The Morgan fingerprint density at radius 3 is 2.39 bits per heavy atom. The zero-order valence-corrected chi connectivity index (χ0v) is 18.7. The van der Waals surface area contributed by atoms with Crippen LogP contribution in [0.15, 0.2) is 24.3 Å². The number of nitrogens with two attached hydrogens (primary N) is 1. The number of anilines is 1. The lowest BCUT2D eigenvalue weighted by Gasteiger charge is -2.13. The summed E-state index contributed by atoms with van der Waals surface area (Å²) in [5.74, 6) is -1.61. The Labute approximate surface area is 192 Å². The second-order valence-electron chi connectivity index (χ2n) is 7.20. The molecule has 0 spiro atoms. The number of nitrogen functional groups attached to an aromatic ring is 1. The molecule has 0 atom stereocenters. The van der Waals surface area contributed by atoms with Crippen LogP contribution in [0.3, 0.4) is 0 Å². The average molecular weight is 468 g/mol. The van der Waals surface area contributed by atoms with Crippen molar-refractivity contribution in [2.75, 3.05) is 18.9 Å². The molecular formula is C22H20N4O6S. The highest BCUT2D eigenvalue weighted by Gasteiger charge is 2.35. The number of benzene rings is 1. The quantitative estimate of drug-likeness (QED) is 0.409. The summed E-state index contributed by atoms with van der Waals surface area (Å²) in [7, 11) is 0. The van der Waals surface area contributed by atoms with E-state index in [1.807, 2.05) is 0 Å². The fraction of sp³-hybridized carbons (Fsp3) is 0.273. The molecule has 0 fully saturated rings. The molecule has 1 aliphatic rings. The van der Waals surface area contributed by atoms with Crippen LogP contribution in [0.5, 0.6) is 0 Å². The molecule has 2 aromatic heterocycles. The summed E-state index contributed by atoms with van der Waals surface area (Å²) in [6.07, 6.45) is -0.172. The van der Waals surface area contributed by atoms with Crippen LogP contribution in [-0.4, -0.2) is 51.8 Å². The molecule has 0 unspecified atom stereocenters. The summed E-state index contributed by atoms with van der Waals surface area (Å²) in [6.45, 7) is 3.36. The van der Waals surface area contributed by atoms with Crippen molar-refractivity contribution < 1.29 is 28.7 Å². The summed E-state index contributed by atoms with van der Waals surface area (Å²) in [5, 5.41) is 0.559. The van der Waals surface area contributed by atoms with Gasteiger partial charge in [-0.1, -0.05) is 12.1 Å². The average Bonchev–Trinajstić information content (AvgIpc) is 3.25. The molecule has 1 aliphatic heterocycles. The van der Waals surface area contributed by atoms with Crippen molar-refractivity contribution in [2.45, 2.75) is 26.9 Å². The number of aromatic nitrogens is 2. The van der Waals surface area contributed by atoms with Gasteiger partial charge in [0.1, 0.15) is 15.5 Å². The van der Waals surface area contributed by atoms with Crippen LogP contribution < -0.4 is 5.73 Å². The molecule has 0 radical (unpaired) electrons. The number of hydrogen-bond donors (Lipinski definition) is 1. The highest BCUT2D eigenvalue weighted by molar-refractivity contribution is 7.20. The molecule has 2 amide bonds. The van der Waals surface area contributed by atoms with E-state index < -0.39 is 23.8 Å². The number of ether oxygens (including phenoxy) is 2. The number of carbonyl (C=O) groups is 4. The summed E-state index contributed by atoms with van der Waals surface area (Å²) in [6, 6.07) is 6.50. The molecule has 3 heterocycles. The SMILES string of the molecule is CCOC(=O)c1sc2nc(COC(=O)CCN3C(=O)c4ccccc4C3=O)nc(N)c2c1C. The van der Waals surface area contributed by atoms with E-state index in [0.29, 0.717) is 31.8 Å². The number of amides is 2. The number of carbonyl (C=O) groups excluding carboxylic acids is 4. The first-order valence-corrected chi connectivity index (χ1v) is 11.0. The number of thiophene rings is 1. The molecular weight excluding hydrogens is 448 g/mol. The van der Waals surface area contributed by atoms with Crippen LogP contribution in [-0.2, 0) is 20.9 Å². The van der Waals surface area contributed by atoms with Gasteiger partial charge in [0.15, 0.2) is 12.4 Å². The third-order valence-corrected chi connectivity index (χ3v) is 6.27. The maximum atomic E-state index is 12.4. The Morgan fingerprint density at radius 2 is 1.76 bits per heavy atom. The first kappa shape index (κ1) is 22.3. The van der Waals surface area contributed by atoms with Crippen molar-refractivity contribution >= 4 is 51.1 Å². The minimum atomic E-state index is -0.622. The molecule has 0 aliphatic carbocycles. The topological polar surface area (TPSA) is 142 Å². The van der Waals surface area contributed by atoms with Gasteiger partial charge >= 0.3 is 11.9 Å².